The van der Waals surface area contributed by atoms with Gasteiger partial charge in [-0.1, -0.05) is 12.1 Å². The van der Waals surface area contributed by atoms with Crippen molar-refractivity contribution in [3.63, 3.8) is 0 Å². The summed E-state index contributed by atoms with van der Waals surface area (Å²) in [6, 6.07) is 7.21. The zero-order chi connectivity index (χ0) is 19.2. The zero-order valence-electron chi connectivity index (χ0n) is 14.8. The van der Waals surface area contributed by atoms with Gasteiger partial charge in [0.25, 0.3) is 0 Å². The molecule has 1 aromatic carbocycles. The molecule has 1 aromatic rings. The zero-order valence-corrected chi connectivity index (χ0v) is 15.6. The van der Waals surface area contributed by atoms with Crippen molar-refractivity contribution in [3.05, 3.63) is 29.8 Å². The number of rotatable bonds is 8. The van der Waals surface area contributed by atoms with Gasteiger partial charge in [0.05, 0.1) is 24.0 Å². The van der Waals surface area contributed by atoms with E-state index in [0.717, 1.165) is 11.3 Å². The highest BCUT2D eigenvalue weighted by molar-refractivity contribution is 7.91. The normalized spacial score (nSPS) is 18.0. The second-order valence-corrected chi connectivity index (χ2v) is 8.79. The molecule has 1 aliphatic rings. The average molecular weight is 383 g/mol. The Bertz CT molecular complexity index is 715. The number of hydrogen-bond donors (Lipinski definition) is 2. The molecule has 1 amide bonds. The maximum atomic E-state index is 12.2. The Kier molecular flexibility index (Phi) is 7.02. The van der Waals surface area contributed by atoms with Crippen LogP contribution in [0.15, 0.2) is 24.3 Å². The number of benzene rings is 1. The minimum Gasteiger partial charge on any atom is -0.494 e. The van der Waals surface area contributed by atoms with Gasteiger partial charge < -0.3 is 15.2 Å². The smallest absolute Gasteiger partial charge is 0.308 e. The van der Waals surface area contributed by atoms with E-state index >= 15 is 0 Å². The van der Waals surface area contributed by atoms with Gasteiger partial charge in [-0.05, 0) is 43.9 Å². The fourth-order valence-corrected chi connectivity index (χ4v) is 4.43. The van der Waals surface area contributed by atoms with Gasteiger partial charge in [-0.15, -0.1) is 0 Å². The Morgan fingerprint density at radius 1 is 1.23 bits per heavy atom. The van der Waals surface area contributed by atoms with Crippen LogP contribution in [0.1, 0.15) is 25.3 Å². The molecule has 7 nitrogen and oxygen atoms in total. The number of carboxylic acids is 1. The van der Waals surface area contributed by atoms with Gasteiger partial charge in [0, 0.05) is 12.5 Å². The van der Waals surface area contributed by atoms with Crippen molar-refractivity contribution < 1.29 is 27.9 Å². The van der Waals surface area contributed by atoms with Crippen molar-refractivity contribution in [1.29, 1.82) is 0 Å². The molecule has 2 N–H and O–H groups in total. The second kappa shape index (κ2) is 9.02. The number of amides is 1. The molecule has 8 heteroatoms. The molecule has 1 heterocycles. The molecule has 0 bridgehead atoms. The van der Waals surface area contributed by atoms with Gasteiger partial charge in [-0.25, -0.2) is 8.42 Å². The van der Waals surface area contributed by atoms with Crippen LogP contribution < -0.4 is 10.1 Å². The van der Waals surface area contributed by atoms with Crippen LogP contribution in [-0.4, -0.2) is 50.1 Å². The lowest BCUT2D eigenvalue weighted by Crippen LogP contribution is -2.40. The average Bonchev–Trinajstić information content (AvgIpc) is 2.59. The van der Waals surface area contributed by atoms with Gasteiger partial charge >= 0.3 is 5.97 Å². The van der Waals surface area contributed by atoms with Gasteiger partial charge in [-0.3, -0.25) is 9.59 Å². The highest BCUT2D eigenvalue weighted by Gasteiger charge is 2.29. The first-order chi connectivity index (χ1) is 12.3. The van der Waals surface area contributed by atoms with Gasteiger partial charge in [0.2, 0.25) is 5.91 Å². The summed E-state index contributed by atoms with van der Waals surface area (Å²) in [4.78, 5) is 23.7. The summed E-state index contributed by atoms with van der Waals surface area (Å²) >= 11 is 0. The number of carbonyl (C=O) groups excluding carboxylic acids is 1. The van der Waals surface area contributed by atoms with Crippen molar-refractivity contribution in [1.82, 2.24) is 5.32 Å². The molecular formula is C18H25NO6S. The SMILES string of the molecule is CCOc1ccc(CC(CNC(=O)C2CCS(=O)(=O)CC2)C(=O)O)cc1. The first-order valence-electron chi connectivity index (χ1n) is 8.73. The molecule has 0 radical (unpaired) electrons. The standard InChI is InChI=1S/C18H25NO6S/c1-2-25-16-5-3-13(4-6-16)11-15(18(21)22)12-19-17(20)14-7-9-26(23,24)10-8-14/h3-6,14-15H,2,7-12H2,1H3,(H,19,20)(H,21,22). The summed E-state index contributed by atoms with van der Waals surface area (Å²) in [5.74, 6) is -1.60. The summed E-state index contributed by atoms with van der Waals surface area (Å²) in [6.45, 7) is 2.47. The monoisotopic (exact) mass is 383 g/mol. The van der Waals surface area contributed by atoms with Gasteiger partial charge in [0.1, 0.15) is 15.6 Å². The molecule has 1 atom stereocenters. The minimum atomic E-state index is -3.03. The quantitative estimate of drug-likeness (QED) is 0.700. The Labute approximate surface area is 153 Å². The van der Waals surface area contributed by atoms with Gasteiger partial charge in [0.15, 0.2) is 0 Å². The molecule has 0 saturated carbocycles. The Morgan fingerprint density at radius 3 is 2.38 bits per heavy atom. The molecular weight excluding hydrogens is 358 g/mol. The topological polar surface area (TPSA) is 110 Å². The van der Waals surface area contributed by atoms with Crippen molar-refractivity contribution in [3.8, 4) is 5.75 Å². The number of hydrogen-bond acceptors (Lipinski definition) is 5. The molecule has 1 saturated heterocycles. The van der Waals surface area contributed by atoms with E-state index in [1.54, 1.807) is 12.1 Å². The van der Waals surface area contributed by atoms with E-state index in [0.29, 0.717) is 25.9 Å². The molecule has 0 aromatic heterocycles. The van der Waals surface area contributed by atoms with Crippen LogP contribution in [-0.2, 0) is 25.8 Å². The number of sulfone groups is 1. The summed E-state index contributed by atoms with van der Waals surface area (Å²) in [6.07, 6.45) is 0.886. The van der Waals surface area contributed by atoms with Crippen LogP contribution in [0.4, 0.5) is 0 Å². The maximum Gasteiger partial charge on any atom is 0.308 e. The molecule has 1 aliphatic heterocycles. The van der Waals surface area contributed by atoms with Crippen molar-refractivity contribution in [2.24, 2.45) is 11.8 Å². The van der Waals surface area contributed by atoms with Crippen molar-refractivity contribution in [2.75, 3.05) is 24.7 Å². The third-order valence-electron chi connectivity index (χ3n) is 4.51. The fraction of sp³-hybridized carbons (Fsp3) is 0.556. The largest absolute Gasteiger partial charge is 0.494 e. The Morgan fingerprint density at radius 2 is 1.85 bits per heavy atom. The predicted molar refractivity (Wildman–Crippen MR) is 96.8 cm³/mol. The highest BCUT2D eigenvalue weighted by atomic mass is 32.2. The lowest BCUT2D eigenvalue weighted by atomic mass is 9.98. The van der Waals surface area contributed by atoms with Gasteiger partial charge in [-0.2, -0.15) is 0 Å². The first-order valence-corrected chi connectivity index (χ1v) is 10.6. The number of carboxylic acid groups (broad SMARTS) is 1. The van der Waals surface area contributed by atoms with E-state index in [1.807, 2.05) is 19.1 Å². The van der Waals surface area contributed by atoms with E-state index in [-0.39, 0.29) is 29.9 Å². The third-order valence-corrected chi connectivity index (χ3v) is 6.23. The number of nitrogens with one attached hydrogen (secondary N) is 1. The van der Waals surface area contributed by atoms with Crippen LogP contribution in [0.5, 0.6) is 5.75 Å². The van der Waals surface area contributed by atoms with Crippen LogP contribution >= 0.6 is 0 Å². The fourth-order valence-electron chi connectivity index (χ4n) is 2.94. The maximum absolute atomic E-state index is 12.2. The molecule has 26 heavy (non-hydrogen) atoms. The van der Waals surface area contributed by atoms with E-state index in [1.165, 1.54) is 0 Å². The molecule has 2 rings (SSSR count). The van der Waals surface area contributed by atoms with Crippen LogP contribution in [0.25, 0.3) is 0 Å². The minimum absolute atomic E-state index is 0.0135. The molecule has 0 aliphatic carbocycles. The molecule has 0 spiro atoms. The first kappa shape index (κ1) is 20.2. The molecule has 1 fully saturated rings. The summed E-state index contributed by atoms with van der Waals surface area (Å²) in [7, 11) is -3.03. The van der Waals surface area contributed by atoms with Crippen LogP contribution in [0.2, 0.25) is 0 Å². The number of ether oxygens (including phenoxy) is 1. The van der Waals surface area contributed by atoms with E-state index < -0.39 is 21.7 Å². The lowest BCUT2D eigenvalue weighted by Gasteiger charge is -2.22. The van der Waals surface area contributed by atoms with Crippen LogP contribution in [0, 0.1) is 11.8 Å². The molecule has 1 unspecified atom stereocenters. The van der Waals surface area contributed by atoms with E-state index in [2.05, 4.69) is 5.32 Å². The number of carbonyl (C=O) groups is 2. The van der Waals surface area contributed by atoms with Crippen molar-refractivity contribution in [2.45, 2.75) is 26.2 Å². The summed E-state index contributed by atoms with van der Waals surface area (Å²) < 4.78 is 28.2. The van der Waals surface area contributed by atoms with E-state index in [9.17, 15) is 23.1 Å². The summed E-state index contributed by atoms with van der Waals surface area (Å²) in [5.41, 5.74) is 0.846. The molecule has 144 valence electrons. The predicted octanol–water partition coefficient (Wildman–Crippen LogP) is 1.27. The lowest BCUT2D eigenvalue weighted by molar-refractivity contribution is -0.141. The van der Waals surface area contributed by atoms with Crippen LogP contribution in [0.3, 0.4) is 0 Å². The van der Waals surface area contributed by atoms with Crippen molar-refractivity contribution >= 4 is 21.7 Å². The third kappa shape index (κ3) is 6.01. The Balaban J connectivity index is 1.87. The highest BCUT2D eigenvalue weighted by Crippen LogP contribution is 2.19. The second-order valence-electron chi connectivity index (χ2n) is 6.49. The number of aliphatic carboxylic acids is 1. The summed E-state index contributed by atoms with van der Waals surface area (Å²) in [5, 5.41) is 12.1. The Hall–Kier alpha value is -2.09. The van der Waals surface area contributed by atoms with E-state index in [4.69, 9.17) is 4.74 Å².